The second-order valence-electron chi connectivity index (χ2n) is 6.07. The fraction of sp³-hybridized carbons (Fsp3) is 0.389. The minimum absolute atomic E-state index is 0.153. The molecule has 1 aromatic carbocycles. The van der Waals surface area contributed by atoms with E-state index in [9.17, 15) is 4.79 Å². The number of morpholine rings is 1. The van der Waals surface area contributed by atoms with E-state index in [0.717, 1.165) is 24.2 Å². The molecule has 1 saturated carbocycles. The van der Waals surface area contributed by atoms with Gasteiger partial charge in [-0.1, -0.05) is 30.3 Å². The highest BCUT2D eigenvalue weighted by Crippen LogP contribution is 2.49. The van der Waals surface area contributed by atoms with Crippen molar-refractivity contribution in [2.24, 2.45) is 0 Å². The number of hydrogen-bond acceptors (Lipinski definition) is 3. The van der Waals surface area contributed by atoms with Gasteiger partial charge in [-0.2, -0.15) is 0 Å². The van der Waals surface area contributed by atoms with Crippen LogP contribution in [0.5, 0.6) is 0 Å². The van der Waals surface area contributed by atoms with Gasteiger partial charge in [0.2, 0.25) is 5.91 Å². The van der Waals surface area contributed by atoms with Crippen LogP contribution in [-0.4, -0.2) is 30.5 Å². The molecule has 2 heterocycles. The van der Waals surface area contributed by atoms with E-state index in [-0.39, 0.29) is 17.4 Å². The van der Waals surface area contributed by atoms with E-state index in [2.05, 4.69) is 12.1 Å². The largest absolute Gasteiger partial charge is 0.467 e. The molecule has 0 spiro atoms. The quantitative estimate of drug-likeness (QED) is 0.875. The highest BCUT2D eigenvalue weighted by molar-refractivity contribution is 5.91. The van der Waals surface area contributed by atoms with Crippen LogP contribution < -0.4 is 0 Å². The molecule has 1 amide bonds. The number of hydrogen-bond donors (Lipinski definition) is 0. The van der Waals surface area contributed by atoms with E-state index < -0.39 is 0 Å². The Labute approximate surface area is 129 Å². The molecule has 4 rings (SSSR count). The van der Waals surface area contributed by atoms with Gasteiger partial charge < -0.3 is 14.1 Å². The zero-order valence-electron chi connectivity index (χ0n) is 12.4. The van der Waals surface area contributed by atoms with Crippen molar-refractivity contribution in [2.75, 3.05) is 19.7 Å². The molecule has 2 fully saturated rings. The van der Waals surface area contributed by atoms with Crippen molar-refractivity contribution in [3.05, 3.63) is 60.1 Å². The third-order valence-corrected chi connectivity index (χ3v) is 4.70. The van der Waals surface area contributed by atoms with Crippen molar-refractivity contribution < 1.29 is 13.9 Å². The summed E-state index contributed by atoms with van der Waals surface area (Å²) in [4.78, 5) is 15.0. The average molecular weight is 297 g/mol. The summed E-state index contributed by atoms with van der Waals surface area (Å²) in [5.41, 5.74) is 0.841. The Morgan fingerprint density at radius 1 is 1.14 bits per heavy atom. The Kier molecular flexibility index (Phi) is 3.26. The molecule has 22 heavy (non-hydrogen) atoms. The Hall–Kier alpha value is -2.07. The maximum Gasteiger partial charge on any atom is 0.233 e. The van der Waals surface area contributed by atoms with Crippen molar-refractivity contribution in [1.82, 2.24) is 4.90 Å². The third-order valence-electron chi connectivity index (χ3n) is 4.70. The smallest absolute Gasteiger partial charge is 0.233 e. The van der Waals surface area contributed by atoms with E-state index in [0.29, 0.717) is 19.7 Å². The molecular formula is C18H19NO3. The lowest BCUT2D eigenvalue weighted by Gasteiger charge is -2.34. The SMILES string of the molecule is O=C(N1CCO[C@H](c2ccco2)C1)C1(c2ccccc2)CC1. The second-order valence-corrected chi connectivity index (χ2v) is 6.07. The topological polar surface area (TPSA) is 42.7 Å². The average Bonchev–Trinajstić information content (AvgIpc) is 3.21. The van der Waals surface area contributed by atoms with Crippen molar-refractivity contribution in [2.45, 2.75) is 24.4 Å². The monoisotopic (exact) mass is 297 g/mol. The molecule has 1 saturated heterocycles. The molecule has 0 radical (unpaired) electrons. The van der Waals surface area contributed by atoms with Gasteiger partial charge in [-0.05, 0) is 30.5 Å². The first-order chi connectivity index (χ1) is 10.8. The van der Waals surface area contributed by atoms with Crippen molar-refractivity contribution in [3.63, 3.8) is 0 Å². The summed E-state index contributed by atoms with van der Waals surface area (Å²) >= 11 is 0. The fourth-order valence-electron chi connectivity index (χ4n) is 3.29. The summed E-state index contributed by atoms with van der Waals surface area (Å²) in [6.07, 6.45) is 3.38. The Morgan fingerprint density at radius 2 is 1.95 bits per heavy atom. The maximum atomic E-state index is 13.0. The zero-order valence-corrected chi connectivity index (χ0v) is 12.4. The normalized spacial score (nSPS) is 23.3. The van der Waals surface area contributed by atoms with Crippen molar-refractivity contribution in [3.8, 4) is 0 Å². The molecule has 0 unspecified atom stereocenters. The molecule has 1 aromatic heterocycles. The van der Waals surface area contributed by atoms with Crippen molar-refractivity contribution in [1.29, 1.82) is 0 Å². The number of carbonyl (C=O) groups excluding carboxylic acids is 1. The molecule has 1 atom stereocenters. The summed E-state index contributed by atoms with van der Waals surface area (Å²) in [6.45, 7) is 1.79. The van der Waals surface area contributed by atoms with Gasteiger partial charge >= 0.3 is 0 Å². The Morgan fingerprint density at radius 3 is 2.64 bits per heavy atom. The van der Waals surface area contributed by atoms with Crippen LogP contribution in [-0.2, 0) is 14.9 Å². The first-order valence-corrected chi connectivity index (χ1v) is 7.79. The number of ether oxygens (including phenoxy) is 1. The highest BCUT2D eigenvalue weighted by atomic mass is 16.5. The van der Waals surface area contributed by atoms with E-state index in [1.807, 2.05) is 35.2 Å². The Balaban J connectivity index is 1.53. The molecule has 114 valence electrons. The first kappa shape index (κ1) is 13.6. The number of furan rings is 1. The fourth-order valence-corrected chi connectivity index (χ4v) is 3.29. The van der Waals surface area contributed by atoms with Gasteiger partial charge in [0.05, 0.1) is 24.8 Å². The minimum atomic E-state index is -0.299. The van der Waals surface area contributed by atoms with Crippen LogP contribution in [0.15, 0.2) is 53.1 Å². The van der Waals surface area contributed by atoms with Crippen LogP contribution >= 0.6 is 0 Å². The molecule has 2 aliphatic rings. The van der Waals surface area contributed by atoms with Crippen molar-refractivity contribution >= 4 is 5.91 Å². The van der Waals surface area contributed by atoms with E-state index in [1.54, 1.807) is 6.26 Å². The number of rotatable bonds is 3. The molecule has 4 heteroatoms. The van der Waals surface area contributed by atoms with Crippen LogP contribution in [0.4, 0.5) is 0 Å². The van der Waals surface area contributed by atoms with Gasteiger partial charge in [0.25, 0.3) is 0 Å². The summed E-state index contributed by atoms with van der Waals surface area (Å²) in [5, 5.41) is 0. The lowest BCUT2D eigenvalue weighted by molar-refractivity contribution is -0.142. The molecule has 1 aliphatic heterocycles. The summed E-state index contributed by atoms with van der Waals surface area (Å²) in [5.74, 6) is 1.03. The highest BCUT2D eigenvalue weighted by Gasteiger charge is 2.53. The molecule has 2 aromatic rings. The third kappa shape index (κ3) is 2.24. The first-order valence-electron chi connectivity index (χ1n) is 7.79. The van der Waals surface area contributed by atoms with Crippen LogP contribution in [0, 0.1) is 0 Å². The number of amides is 1. The maximum absolute atomic E-state index is 13.0. The number of carbonyl (C=O) groups is 1. The van der Waals surface area contributed by atoms with Crippen LogP contribution in [0.3, 0.4) is 0 Å². The van der Waals surface area contributed by atoms with E-state index >= 15 is 0 Å². The molecule has 1 aliphatic carbocycles. The Bertz CT molecular complexity index is 646. The summed E-state index contributed by atoms with van der Waals surface area (Å²) in [6, 6.07) is 13.9. The lowest BCUT2D eigenvalue weighted by Crippen LogP contribution is -2.46. The van der Waals surface area contributed by atoms with Gasteiger partial charge in [0, 0.05) is 6.54 Å². The molecule has 0 N–H and O–H groups in total. The van der Waals surface area contributed by atoms with Gasteiger partial charge in [-0.3, -0.25) is 4.79 Å². The van der Waals surface area contributed by atoms with Crippen LogP contribution in [0.25, 0.3) is 0 Å². The van der Waals surface area contributed by atoms with Gasteiger partial charge in [-0.15, -0.1) is 0 Å². The predicted octanol–water partition coefficient (Wildman–Crippen LogP) is 2.91. The summed E-state index contributed by atoms with van der Waals surface area (Å²) < 4.78 is 11.2. The van der Waals surface area contributed by atoms with E-state index in [4.69, 9.17) is 9.15 Å². The molecular weight excluding hydrogens is 278 g/mol. The number of benzene rings is 1. The predicted molar refractivity (Wildman–Crippen MR) is 81.3 cm³/mol. The van der Waals surface area contributed by atoms with Gasteiger partial charge in [0.1, 0.15) is 11.9 Å². The standard InChI is InChI=1S/C18H19NO3/c20-17(18(8-9-18)14-5-2-1-3-6-14)19-10-12-22-16(13-19)15-7-4-11-21-15/h1-7,11,16H,8-10,12-13H2/t16-/m0/s1. The second kappa shape index (κ2) is 5.29. The van der Waals surface area contributed by atoms with Crippen LogP contribution in [0.2, 0.25) is 0 Å². The zero-order chi connectivity index (χ0) is 15.0. The summed E-state index contributed by atoms with van der Waals surface area (Å²) in [7, 11) is 0. The number of nitrogens with zero attached hydrogens (tertiary/aromatic N) is 1. The lowest BCUT2D eigenvalue weighted by atomic mass is 9.94. The van der Waals surface area contributed by atoms with E-state index in [1.165, 1.54) is 0 Å². The minimum Gasteiger partial charge on any atom is -0.467 e. The van der Waals surface area contributed by atoms with Crippen LogP contribution in [0.1, 0.15) is 30.3 Å². The van der Waals surface area contributed by atoms with Gasteiger partial charge in [-0.25, -0.2) is 0 Å². The molecule has 4 nitrogen and oxygen atoms in total. The van der Waals surface area contributed by atoms with Gasteiger partial charge in [0.15, 0.2) is 0 Å². The molecule has 0 bridgehead atoms.